The van der Waals surface area contributed by atoms with Crippen LogP contribution in [0.5, 0.6) is 0 Å². The maximum absolute atomic E-state index is 13.8. The molecule has 0 fully saturated rings. The molecule has 0 saturated heterocycles. The molecular formula is C21H31N2O3P. The Kier molecular flexibility index (Phi) is 7.10. The first kappa shape index (κ1) is 21.5. The fourth-order valence-corrected chi connectivity index (χ4v) is 4.87. The standard InChI is InChI=1S/C21H31N2O3P/c1-16(2)15-26-27(25,20-13-11-19(12-14-20)23(5)6)21(24)17-7-9-18(10-8-17)22(3)4/h7-14,16,21,24H,15H2,1-6H3/t21-,27+/m1/s1. The van der Waals surface area contributed by atoms with Crippen molar-refractivity contribution >= 4 is 24.0 Å². The molecule has 0 bridgehead atoms. The van der Waals surface area contributed by atoms with E-state index in [0.29, 0.717) is 17.5 Å². The molecule has 0 unspecified atom stereocenters. The van der Waals surface area contributed by atoms with Crippen molar-refractivity contribution in [3.05, 3.63) is 54.1 Å². The molecule has 6 heteroatoms. The van der Waals surface area contributed by atoms with E-state index in [4.69, 9.17) is 4.52 Å². The maximum atomic E-state index is 13.8. The van der Waals surface area contributed by atoms with E-state index < -0.39 is 13.2 Å². The van der Waals surface area contributed by atoms with Gasteiger partial charge in [0, 0.05) is 44.9 Å². The lowest BCUT2D eigenvalue weighted by molar-refractivity contribution is 0.203. The minimum Gasteiger partial charge on any atom is -0.378 e. The number of nitrogens with zero attached hydrogens (tertiary/aromatic N) is 2. The molecule has 27 heavy (non-hydrogen) atoms. The molecule has 0 aliphatic rings. The average molecular weight is 390 g/mol. The van der Waals surface area contributed by atoms with E-state index in [1.54, 1.807) is 24.3 Å². The highest BCUT2D eigenvalue weighted by atomic mass is 31.2. The summed E-state index contributed by atoms with van der Waals surface area (Å²) in [5.74, 6) is -1.000. The molecule has 0 aliphatic carbocycles. The largest absolute Gasteiger partial charge is 0.378 e. The Morgan fingerprint density at radius 1 is 0.889 bits per heavy atom. The Balaban J connectivity index is 2.40. The van der Waals surface area contributed by atoms with Crippen molar-refractivity contribution < 1.29 is 14.2 Å². The Morgan fingerprint density at radius 2 is 1.33 bits per heavy atom. The molecular weight excluding hydrogens is 359 g/mol. The van der Waals surface area contributed by atoms with Gasteiger partial charge in [-0.25, -0.2) is 0 Å². The normalized spacial score (nSPS) is 14.7. The Morgan fingerprint density at radius 3 is 1.74 bits per heavy atom. The highest BCUT2D eigenvalue weighted by Gasteiger charge is 2.36. The van der Waals surface area contributed by atoms with Crippen LogP contribution in [0, 0.1) is 5.92 Å². The SMILES string of the molecule is CC(C)CO[P@@](=O)(c1ccc(N(C)C)cc1)[C@@H](O)c1ccc(N(C)C)cc1. The summed E-state index contributed by atoms with van der Waals surface area (Å²) < 4.78 is 19.7. The van der Waals surface area contributed by atoms with Gasteiger partial charge in [0.2, 0.25) is 0 Å². The van der Waals surface area contributed by atoms with Crippen molar-refractivity contribution in [2.24, 2.45) is 5.92 Å². The van der Waals surface area contributed by atoms with E-state index in [2.05, 4.69) is 0 Å². The van der Waals surface area contributed by atoms with Crippen LogP contribution in [0.1, 0.15) is 25.3 Å². The topological polar surface area (TPSA) is 53.0 Å². The van der Waals surface area contributed by atoms with Gasteiger partial charge in [0.15, 0.2) is 5.85 Å². The zero-order chi connectivity index (χ0) is 20.2. The quantitative estimate of drug-likeness (QED) is 0.688. The molecule has 0 saturated carbocycles. The molecule has 0 amide bonds. The Hall–Kier alpha value is -1.81. The van der Waals surface area contributed by atoms with Crippen LogP contribution < -0.4 is 15.1 Å². The van der Waals surface area contributed by atoms with E-state index in [0.717, 1.165) is 11.4 Å². The molecule has 0 aromatic heterocycles. The first-order chi connectivity index (χ1) is 12.6. The third-order valence-corrected chi connectivity index (χ3v) is 6.85. The van der Waals surface area contributed by atoms with E-state index in [-0.39, 0.29) is 5.92 Å². The molecule has 2 aromatic carbocycles. The summed E-state index contributed by atoms with van der Waals surface area (Å²) in [6.45, 7) is 4.31. The van der Waals surface area contributed by atoms with Gasteiger partial charge >= 0.3 is 0 Å². The fourth-order valence-electron chi connectivity index (χ4n) is 2.65. The van der Waals surface area contributed by atoms with Crippen LogP contribution in [0.4, 0.5) is 11.4 Å². The van der Waals surface area contributed by atoms with Crippen LogP contribution in [-0.2, 0) is 9.09 Å². The summed E-state index contributed by atoms with van der Waals surface area (Å²) in [6, 6.07) is 14.8. The molecule has 0 heterocycles. The zero-order valence-electron chi connectivity index (χ0n) is 17.1. The van der Waals surface area contributed by atoms with Gasteiger partial charge in [0.25, 0.3) is 7.37 Å². The van der Waals surface area contributed by atoms with Gasteiger partial charge in [0.05, 0.1) is 6.61 Å². The first-order valence-electron chi connectivity index (χ1n) is 9.12. The summed E-state index contributed by atoms with van der Waals surface area (Å²) >= 11 is 0. The first-order valence-corrected chi connectivity index (χ1v) is 10.8. The zero-order valence-corrected chi connectivity index (χ0v) is 18.0. The van der Waals surface area contributed by atoms with Gasteiger partial charge < -0.3 is 19.4 Å². The molecule has 5 nitrogen and oxygen atoms in total. The molecule has 148 valence electrons. The summed E-state index contributed by atoms with van der Waals surface area (Å²) in [5.41, 5.74) is 2.60. The maximum Gasteiger partial charge on any atom is 0.264 e. The average Bonchev–Trinajstić information content (AvgIpc) is 2.65. The molecule has 2 atom stereocenters. The lowest BCUT2D eigenvalue weighted by atomic mass is 10.2. The fraction of sp³-hybridized carbons (Fsp3) is 0.429. The van der Waals surface area contributed by atoms with Crippen molar-refractivity contribution in [1.29, 1.82) is 0 Å². The lowest BCUT2D eigenvalue weighted by Gasteiger charge is -2.26. The van der Waals surface area contributed by atoms with Gasteiger partial charge in [-0.15, -0.1) is 0 Å². The van der Waals surface area contributed by atoms with Crippen molar-refractivity contribution in [3.8, 4) is 0 Å². The molecule has 0 radical (unpaired) electrons. The van der Waals surface area contributed by atoms with E-state index in [1.807, 2.05) is 76.1 Å². The second-order valence-corrected chi connectivity index (χ2v) is 10.0. The van der Waals surface area contributed by atoms with Crippen molar-refractivity contribution in [1.82, 2.24) is 0 Å². The molecule has 2 rings (SSSR count). The van der Waals surface area contributed by atoms with Crippen LogP contribution in [0.25, 0.3) is 0 Å². The second-order valence-electron chi connectivity index (χ2n) is 7.56. The monoisotopic (exact) mass is 390 g/mol. The number of hydrogen-bond donors (Lipinski definition) is 1. The van der Waals surface area contributed by atoms with Gasteiger partial charge in [0.1, 0.15) is 0 Å². The Labute approximate surface area is 163 Å². The van der Waals surface area contributed by atoms with Crippen LogP contribution in [0.3, 0.4) is 0 Å². The number of benzene rings is 2. The third-order valence-electron chi connectivity index (χ3n) is 4.36. The summed E-state index contributed by atoms with van der Waals surface area (Å²) in [7, 11) is 4.30. The molecule has 0 spiro atoms. The van der Waals surface area contributed by atoms with Gasteiger partial charge in [-0.2, -0.15) is 0 Å². The van der Waals surface area contributed by atoms with E-state index >= 15 is 0 Å². The predicted octanol–water partition coefficient (Wildman–Crippen LogP) is 4.09. The van der Waals surface area contributed by atoms with Gasteiger partial charge in [-0.3, -0.25) is 4.57 Å². The Bertz CT molecular complexity index is 771. The van der Waals surface area contributed by atoms with Crippen molar-refractivity contribution in [2.75, 3.05) is 44.6 Å². The number of aliphatic hydroxyl groups is 1. The lowest BCUT2D eigenvalue weighted by Crippen LogP contribution is -2.17. The van der Waals surface area contributed by atoms with Crippen LogP contribution >= 0.6 is 7.37 Å². The van der Waals surface area contributed by atoms with Gasteiger partial charge in [-0.1, -0.05) is 26.0 Å². The number of hydrogen-bond acceptors (Lipinski definition) is 5. The smallest absolute Gasteiger partial charge is 0.264 e. The minimum atomic E-state index is -3.50. The minimum absolute atomic E-state index is 0.211. The van der Waals surface area contributed by atoms with Crippen LogP contribution in [0.15, 0.2) is 48.5 Å². The third kappa shape index (κ3) is 5.13. The number of anilines is 2. The number of aliphatic hydroxyl groups excluding tert-OH is 1. The van der Waals surface area contributed by atoms with Crippen LogP contribution in [0.2, 0.25) is 0 Å². The van der Waals surface area contributed by atoms with Crippen molar-refractivity contribution in [2.45, 2.75) is 19.7 Å². The highest BCUT2D eigenvalue weighted by molar-refractivity contribution is 7.67. The summed E-state index contributed by atoms with van der Waals surface area (Å²) in [5, 5.41) is 11.5. The predicted molar refractivity (Wildman–Crippen MR) is 115 cm³/mol. The van der Waals surface area contributed by atoms with E-state index in [9.17, 15) is 9.67 Å². The molecule has 0 aliphatic heterocycles. The van der Waals surface area contributed by atoms with Gasteiger partial charge in [-0.05, 0) is 47.9 Å². The summed E-state index contributed by atoms with van der Waals surface area (Å²) in [6.07, 6.45) is 0. The number of rotatable bonds is 8. The summed E-state index contributed by atoms with van der Waals surface area (Å²) in [4.78, 5) is 3.95. The molecule has 1 N–H and O–H groups in total. The van der Waals surface area contributed by atoms with Crippen molar-refractivity contribution in [3.63, 3.8) is 0 Å². The molecule has 2 aromatic rings. The van der Waals surface area contributed by atoms with E-state index in [1.165, 1.54) is 0 Å². The highest BCUT2D eigenvalue weighted by Crippen LogP contribution is 2.58. The van der Waals surface area contributed by atoms with Crippen LogP contribution in [-0.4, -0.2) is 39.9 Å². The second kappa shape index (κ2) is 8.92.